The first-order valence-electron chi connectivity index (χ1n) is 9.17. The molecule has 4 aromatic rings. The molecule has 4 rings (SSSR count). The first-order valence-corrected chi connectivity index (χ1v) is 9.17. The van der Waals surface area contributed by atoms with Gasteiger partial charge in [-0.1, -0.05) is 0 Å². The Balaban J connectivity index is 1.84. The van der Waals surface area contributed by atoms with Crippen molar-refractivity contribution in [2.45, 2.75) is 13.3 Å². The van der Waals surface area contributed by atoms with E-state index in [-0.39, 0.29) is 12.3 Å². The van der Waals surface area contributed by atoms with Gasteiger partial charge in [-0.05, 0) is 36.2 Å². The quantitative estimate of drug-likeness (QED) is 0.545. The molecule has 0 spiro atoms. The van der Waals surface area contributed by atoms with Crippen molar-refractivity contribution in [3.05, 3.63) is 54.1 Å². The number of aryl methyl sites for hydroxylation is 1. The highest BCUT2D eigenvalue weighted by Gasteiger charge is 2.17. The fourth-order valence-corrected chi connectivity index (χ4v) is 3.40. The third-order valence-corrected chi connectivity index (χ3v) is 4.82. The van der Waals surface area contributed by atoms with Crippen LogP contribution in [0.3, 0.4) is 0 Å². The third-order valence-electron chi connectivity index (χ3n) is 4.82. The lowest BCUT2D eigenvalue weighted by Gasteiger charge is -2.09. The van der Waals surface area contributed by atoms with Crippen molar-refractivity contribution in [1.29, 1.82) is 5.26 Å². The largest absolute Gasteiger partial charge is 0.494 e. The van der Waals surface area contributed by atoms with Crippen molar-refractivity contribution in [3.8, 4) is 40.5 Å². The van der Waals surface area contributed by atoms with E-state index in [1.807, 2.05) is 25.1 Å². The molecule has 0 aliphatic heterocycles. The molecule has 0 aliphatic carbocycles. The molecule has 0 unspecified atom stereocenters. The summed E-state index contributed by atoms with van der Waals surface area (Å²) in [7, 11) is 3.09. The number of nitrogens with zero attached hydrogens (tertiary/aromatic N) is 5. The number of rotatable bonds is 5. The maximum atomic E-state index is 10.8. The Bertz CT molecular complexity index is 1290. The van der Waals surface area contributed by atoms with Crippen molar-refractivity contribution in [1.82, 2.24) is 19.5 Å². The van der Waals surface area contributed by atoms with Gasteiger partial charge in [-0.3, -0.25) is 9.55 Å². The van der Waals surface area contributed by atoms with E-state index < -0.39 is 0 Å². The monoisotopic (exact) mass is 401 g/mol. The van der Waals surface area contributed by atoms with Gasteiger partial charge in [0.05, 0.1) is 55.2 Å². The van der Waals surface area contributed by atoms with E-state index in [9.17, 15) is 5.11 Å². The number of hydrogen-bond donors (Lipinski definition) is 1. The minimum Gasteiger partial charge on any atom is -0.494 e. The average Bonchev–Trinajstić information content (AvgIpc) is 3.10. The molecule has 0 atom stereocenters. The zero-order valence-electron chi connectivity index (χ0n) is 16.7. The van der Waals surface area contributed by atoms with Crippen LogP contribution < -0.4 is 9.47 Å². The Morgan fingerprint density at radius 2 is 1.97 bits per heavy atom. The number of aromatic nitrogens is 4. The van der Waals surface area contributed by atoms with Crippen molar-refractivity contribution in [2.75, 3.05) is 14.2 Å². The summed E-state index contributed by atoms with van der Waals surface area (Å²) < 4.78 is 12.2. The second kappa shape index (κ2) is 7.72. The summed E-state index contributed by atoms with van der Waals surface area (Å²) in [6.07, 6.45) is 6.94. The molecule has 4 heterocycles. The van der Waals surface area contributed by atoms with Crippen LogP contribution in [-0.2, 0) is 6.42 Å². The molecule has 30 heavy (non-hydrogen) atoms. The Hall–Kier alpha value is -4.12. The predicted molar refractivity (Wildman–Crippen MR) is 111 cm³/mol. The lowest BCUT2D eigenvalue weighted by molar-refractivity contribution is 0.343. The molecule has 0 fully saturated rings. The molecular weight excluding hydrogens is 382 g/mol. The number of hydrogen-bond acceptors (Lipinski definition) is 7. The van der Waals surface area contributed by atoms with Crippen LogP contribution in [0.5, 0.6) is 17.5 Å². The zero-order chi connectivity index (χ0) is 21.3. The van der Waals surface area contributed by atoms with Gasteiger partial charge in [0.1, 0.15) is 0 Å². The summed E-state index contributed by atoms with van der Waals surface area (Å²) in [5.74, 6) is 0.978. The first-order chi connectivity index (χ1) is 14.5. The topological polar surface area (TPSA) is 106 Å². The van der Waals surface area contributed by atoms with E-state index in [0.717, 1.165) is 16.7 Å². The number of ether oxygens (including phenoxy) is 2. The molecule has 0 saturated heterocycles. The van der Waals surface area contributed by atoms with Gasteiger partial charge < -0.3 is 14.6 Å². The summed E-state index contributed by atoms with van der Waals surface area (Å²) in [5.41, 5.74) is 4.38. The highest BCUT2D eigenvalue weighted by molar-refractivity contribution is 5.90. The van der Waals surface area contributed by atoms with Crippen molar-refractivity contribution >= 4 is 10.9 Å². The van der Waals surface area contributed by atoms with Crippen LogP contribution in [0.15, 0.2) is 43.0 Å². The molecule has 0 saturated carbocycles. The molecule has 0 radical (unpaired) electrons. The smallest absolute Gasteiger partial charge is 0.256 e. The molecule has 4 aromatic heterocycles. The number of aromatic hydroxyl groups is 1. The van der Waals surface area contributed by atoms with Gasteiger partial charge in [-0.15, -0.1) is 0 Å². The van der Waals surface area contributed by atoms with Crippen LogP contribution in [-0.4, -0.2) is 38.8 Å². The second-order valence-corrected chi connectivity index (χ2v) is 6.73. The molecule has 8 nitrogen and oxygen atoms in total. The highest BCUT2D eigenvalue weighted by Crippen LogP contribution is 2.35. The Kier molecular flexibility index (Phi) is 4.94. The van der Waals surface area contributed by atoms with E-state index in [4.69, 9.17) is 19.7 Å². The lowest BCUT2D eigenvalue weighted by Crippen LogP contribution is -1.95. The van der Waals surface area contributed by atoms with Gasteiger partial charge in [0.25, 0.3) is 5.88 Å². The normalized spacial score (nSPS) is 10.7. The minimum atomic E-state index is 0.0721. The van der Waals surface area contributed by atoms with Gasteiger partial charge in [0, 0.05) is 24.2 Å². The lowest BCUT2D eigenvalue weighted by atomic mass is 10.1. The van der Waals surface area contributed by atoms with Crippen LogP contribution in [0.1, 0.15) is 11.1 Å². The van der Waals surface area contributed by atoms with Crippen LogP contribution in [0.2, 0.25) is 0 Å². The average molecular weight is 401 g/mol. The summed E-state index contributed by atoms with van der Waals surface area (Å²) in [4.78, 5) is 13.2. The third kappa shape index (κ3) is 3.26. The van der Waals surface area contributed by atoms with E-state index in [2.05, 4.69) is 16.0 Å². The fraction of sp³-hybridized carbons (Fsp3) is 0.182. The van der Waals surface area contributed by atoms with E-state index in [1.54, 1.807) is 36.5 Å². The zero-order valence-corrected chi connectivity index (χ0v) is 16.7. The van der Waals surface area contributed by atoms with Crippen LogP contribution in [0.25, 0.3) is 27.8 Å². The molecule has 0 aliphatic rings. The van der Waals surface area contributed by atoms with Gasteiger partial charge in [0.15, 0.2) is 5.75 Å². The highest BCUT2D eigenvalue weighted by atomic mass is 16.5. The number of methoxy groups -OCH3 is 2. The summed E-state index contributed by atoms with van der Waals surface area (Å²) in [6, 6.07) is 7.63. The molecule has 8 heteroatoms. The molecule has 0 aromatic carbocycles. The molecule has 0 bridgehead atoms. The Morgan fingerprint density at radius 1 is 1.13 bits per heavy atom. The van der Waals surface area contributed by atoms with Crippen LogP contribution in [0.4, 0.5) is 0 Å². The SMILES string of the molecule is COc1cc(-c2cc(C)c3c(O)n(-c4cncc(CC#N)c4)cc3n2)cnc1OC. The Labute approximate surface area is 173 Å². The molecule has 1 N–H and O–H groups in total. The number of pyridine rings is 3. The predicted octanol–water partition coefficient (Wildman–Crippen LogP) is 3.58. The van der Waals surface area contributed by atoms with Gasteiger partial charge in [-0.25, -0.2) is 9.97 Å². The maximum absolute atomic E-state index is 10.8. The molecule has 0 amide bonds. The maximum Gasteiger partial charge on any atom is 0.256 e. The number of nitriles is 1. The van der Waals surface area contributed by atoms with E-state index in [0.29, 0.717) is 33.9 Å². The second-order valence-electron chi connectivity index (χ2n) is 6.73. The van der Waals surface area contributed by atoms with E-state index >= 15 is 0 Å². The Morgan fingerprint density at radius 3 is 2.70 bits per heavy atom. The van der Waals surface area contributed by atoms with Crippen molar-refractivity contribution in [3.63, 3.8) is 0 Å². The first kappa shape index (κ1) is 19.2. The van der Waals surface area contributed by atoms with Crippen LogP contribution >= 0.6 is 0 Å². The van der Waals surface area contributed by atoms with Crippen molar-refractivity contribution in [2.24, 2.45) is 0 Å². The standard InChI is InChI=1S/C22H19N5O3/c1-13-6-17(15-8-19(29-2)21(30-3)25-10-15)26-18-12-27(22(28)20(13)18)16-7-14(4-5-23)9-24-11-16/h6-12,28H,4H2,1-3H3. The molecular formula is C22H19N5O3. The summed E-state index contributed by atoms with van der Waals surface area (Å²) in [6.45, 7) is 1.91. The van der Waals surface area contributed by atoms with E-state index in [1.165, 1.54) is 7.11 Å². The summed E-state index contributed by atoms with van der Waals surface area (Å²) in [5, 5.41) is 20.4. The van der Waals surface area contributed by atoms with Crippen molar-refractivity contribution < 1.29 is 14.6 Å². The minimum absolute atomic E-state index is 0.0721. The fourth-order valence-electron chi connectivity index (χ4n) is 3.40. The van der Waals surface area contributed by atoms with Crippen LogP contribution in [0, 0.1) is 18.3 Å². The van der Waals surface area contributed by atoms with Gasteiger partial charge in [-0.2, -0.15) is 5.26 Å². The summed E-state index contributed by atoms with van der Waals surface area (Å²) >= 11 is 0. The molecule has 150 valence electrons. The van der Waals surface area contributed by atoms with Gasteiger partial charge in [0.2, 0.25) is 5.88 Å². The van der Waals surface area contributed by atoms with Gasteiger partial charge >= 0.3 is 0 Å². The number of fused-ring (bicyclic) bond motifs is 1.